The Labute approximate surface area is 213 Å². The Bertz CT molecular complexity index is 1550. The minimum absolute atomic E-state index is 0.00773. The Morgan fingerprint density at radius 3 is 2.73 bits per heavy atom. The van der Waals surface area contributed by atoms with Crippen molar-refractivity contribution in [3.63, 3.8) is 0 Å². The maximum Gasteiger partial charge on any atom is 0.254 e. The number of benzene rings is 2. The highest BCUT2D eigenvalue weighted by atomic mass is 16.2. The zero-order valence-corrected chi connectivity index (χ0v) is 20.1. The summed E-state index contributed by atoms with van der Waals surface area (Å²) >= 11 is 0. The highest BCUT2D eigenvalue weighted by Crippen LogP contribution is 2.25. The number of hydrogen-bond acceptors (Lipinski definition) is 8. The predicted octanol–water partition coefficient (Wildman–Crippen LogP) is 3.93. The molecule has 10 nitrogen and oxygen atoms in total. The van der Waals surface area contributed by atoms with Gasteiger partial charge in [0.2, 0.25) is 17.8 Å². The quantitative estimate of drug-likeness (QED) is 0.249. The normalized spacial score (nSPS) is 15.0. The van der Waals surface area contributed by atoms with E-state index in [-0.39, 0.29) is 18.3 Å². The lowest BCUT2D eigenvalue weighted by Gasteiger charge is -2.14. The van der Waals surface area contributed by atoms with Crippen LogP contribution in [0.3, 0.4) is 0 Å². The second kappa shape index (κ2) is 10.3. The summed E-state index contributed by atoms with van der Waals surface area (Å²) in [6, 6.07) is 18.9. The van der Waals surface area contributed by atoms with Crippen LogP contribution in [0, 0.1) is 11.3 Å². The van der Waals surface area contributed by atoms with E-state index < -0.39 is 11.9 Å². The molecule has 4 aromatic rings. The molecule has 5 rings (SSSR count). The van der Waals surface area contributed by atoms with Crippen molar-refractivity contribution in [3.05, 3.63) is 83.1 Å². The smallest absolute Gasteiger partial charge is 0.254 e. The molecule has 0 bridgehead atoms. The fourth-order valence-electron chi connectivity index (χ4n) is 4.14. The molecule has 1 atom stereocenters. The van der Waals surface area contributed by atoms with Crippen LogP contribution in [-0.4, -0.2) is 31.4 Å². The molecule has 2 aromatic carbocycles. The number of hydrogen-bond donors (Lipinski definition) is 3. The fourth-order valence-corrected chi connectivity index (χ4v) is 4.14. The second-order valence-electron chi connectivity index (χ2n) is 8.62. The topological polar surface area (TPSA) is 137 Å². The van der Waals surface area contributed by atoms with Gasteiger partial charge in [0.25, 0.3) is 5.91 Å². The number of aryl methyl sites for hydroxylation is 1. The molecule has 2 aromatic heterocycles. The predicted molar refractivity (Wildman–Crippen MR) is 139 cm³/mol. The first-order valence-electron chi connectivity index (χ1n) is 11.9. The van der Waals surface area contributed by atoms with Gasteiger partial charge in [-0.3, -0.25) is 14.9 Å². The van der Waals surface area contributed by atoms with E-state index in [0.29, 0.717) is 22.7 Å². The Morgan fingerprint density at radius 1 is 1.16 bits per heavy atom. The lowest BCUT2D eigenvalue weighted by atomic mass is 10.1. The molecule has 0 spiro atoms. The summed E-state index contributed by atoms with van der Waals surface area (Å²) in [6.45, 7) is 2.13. The monoisotopic (exact) mass is 492 g/mol. The summed E-state index contributed by atoms with van der Waals surface area (Å²) in [7, 11) is 0. The highest BCUT2D eigenvalue weighted by molar-refractivity contribution is 6.15. The SMILES string of the molecule is CCCc1cccc(Nc2nc(NC(C#N)c3ccccc3)nc3c(C=C4CC(=O)NC4=O)cnn23)c1. The minimum atomic E-state index is -0.688. The number of nitriles is 1. The number of amides is 2. The van der Waals surface area contributed by atoms with Crippen molar-refractivity contribution < 1.29 is 9.59 Å². The molecule has 37 heavy (non-hydrogen) atoms. The maximum atomic E-state index is 12.1. The number of carbonyl (C=O) groups is 2. The van der Waals surface area contributed by atoms with Crippen LogP contribution >= 0.6 is 0 Å². The Morgan fingerprint density at radius 2 is 2.00 bits per heavy atom. The average Bonchev–Trinajstić information content (AvgIpc) is 3.45. The number of nitrogens with zero attached hydrogens (tertiary/aromatic N) is 5. The lowest BCUT2D eigenvalue weighted by molar-refractivity contribution is -0.124. The molecular weight excluding hydrogens is 468 g/mol. The van der Waals surface area contributed by atoms with Gasteiger partial charge < -0.3 is 10.6 Å². The van der Waals surface area contributed by atoms with Gasteiger partial charge in [0.1, 0.15) is 6.04 Å². The van der Waals surface area contributed by atoms with Gasteiger partial charge in [-0.1, -0.05) is 55.8 Å². The number of nitrogens with one attached hydrogen (secondary N) is 3. The first-order valence-corrected chi connectivity index (χ1v) is 11.9. The van der Waals surface area contributed by atoms with Crippen molar-refractivity contribution in [3.8, 4) is 6.07 Å². The van der Waals surface area contributed by atoms with Gasteiger partial charge in [-0.05, 0) is 35.8 Å². The molecule has 2 amide bonds. The zero-order chi connectivity index (χ0) is 25.8. The lowest BCUT2D eigenvalue weighted by Crippen LogP contribution is -2.19. The molecule has 3 heterocycles. The van der Waals surface area contributed by atoms with Gasteiger partial charge in [0.15, 0.2) is 5.65 Å². The fraction of sp³-hybridized carbons (Fsp3) is 0.185. The summed E-state index contributed by atoms with van der Waals surface area (Å²) in [6.07, 6.45) is 5.13. The molecule has 184 valence electrons. The second-order valence-corrected chi connectivity index (χ2v) is 8.62. The van der Waals surface area contributed by atoms with Crippen molar-refractivity contribution in [1.29, 1.82) is 5.26 Å². The zero-order valence-electron chi connectivity index (χ0n) is 20.1. The first-order chi connectivity index (χ1) is 18.0. The minimum Gasteiger partial charge on any atom is -0.335 e. The standard InChI is InChI=1S/C27H24N8O2/c1-2-7-17-8-6-11-21(12-17)30-27-34-26(31-22(15-28)18-9-4-3-5-10-18)33-24-20(16-29-35(24)27)13-19-14-23(36)32-25(19)37/h3-6,8-13,16,22H,2,7,14H2,1H3,(H,32,36,37)(H2,30,31,33,34). The van der Waals surface area contributed by atoms with Crippen molar-refractivity contribution >= 4 is 41.1 Å². The Hall–Kier alpha value is -5.04. The summed E-state index contributed by atoms with van der Waals surface area (Å²) in [5.41, 5.74) is 4.07. The summed E-state index contributed by atoms with van der Waals surface area (Å²) < 4.78 is 1.53. The number of imide groups is 1. The van der Waals surface area contributed by atoms with E-state index >= 15 is 0 Å². The number of fused-ring (bicyclic) bond motifs is 1. The van der Waals surface area contributed by atoms with Crippen molar-refractivity contribution in [1.82, 2.24) is 24.9 Å². The van der Waals surface area contributed by atoms with Crippen LogP contribution < -0.4 is 16.0 Å². The number of rotatable bonds is 8. The number of anilines is 3. The summed E-state index contributed by atoms with van der Waals surface area (Å²) in [4.78, 5) is 33.0. The summed E-state index contributed by atoms with van der Waals surface area (Å²) in [5, 5.41) is 22.9. The van der Waals surface area contributed by atoms with Crippen molar-refractivity contribution in [2.24, 2.45) is 0 Å². The molecule has 1 aliphatic rings. The van der Waals surface area contributed by atoms with E-state index in [0.717, 1.165) is 24.1 Å². The van der Waals surface area contributed by atoms with E-state index in [1.54, 1.807) is 12.3 Å². The molecule has 0 saturated carbocycles. The van der Waals surface area contributed by atoms with E-state index in [4.69, 9.17) is 0 Å². The van der Waals surface area contributed by atoms with Gasteiger partial charge in [0.05, 0.1) is 18.7 Å². The van der Waals surface area contributed by atoms with Crippen molar-refractivity contribution in [2.45, 2.75) is 32.2 Å². The molecule has 1 saturated heterocycles. The van der Waals surface area contributed by atoms with Gasteiger partial charge >= 0.3 is 0 Å². The van der Waals surface area contributed by atoms with Crippen molar-refractivity contribution in [2.75, 3.05) is 10.6 Å². The van der Waals surface area contributed by atoms with Crippen LogP contribution in [0.5, 0.6) is 0 Å². The molecule has 1 aliphatic heterocycles. The van der Waals surface area contributed by atoms with Crippen LogP contribution in [0.15, 0.2) is 66.4 Å². The summed E-state index contributed by atoms with van der Waals surface area (Å²) in [5.74, 6) is -0.195. The first kappa shape index (κ1) is 23.7. The van der Waals surface area contributed by atoms with E-state index in [9.17, 15) is 14.9 Å². The third-order valence-electron chi connectivity index (χ3n) is 5.88. The van der Waals surface area contributed by atoms with E-state index in [2.05, 4.69) is 50.1 Å². The molecule has 3 N–H and O–H groups in total. The van der Waals surface area contributed by atoms with Crippen LogP contribution in [0.25, 0.3) is 11.7 Å². The van der Waals surface area contributed by atoms with Gasteiger partial charge in [-0.25, -0.2) is 0 Å². The number of aromatic nitrogens is 4. The largest absolute Gasteiger partial charge is 0.335 e. The molecule has 10 heteroatoms. The third-order valence-corrected chi connectivity index (χ3v) is 5.88. The Kier molecular flexibility index (Phi) is 6.59. The van der Waals surface area contributed by atoms with Gasteiger partial charge in [-0.15, -0.1) is 0 Å². The number of carbonyl (C=O) groups excluding carboxylic acids is 2. The average molecular weight is 493 g/mol. The Balaban J connectivity index is 1.58. The van der Waals surface area contributed by atoms with Crippen LogP contribution in [-0.2, 0) is 16.0 Å². The molecule has 1 fully saturated rings. The molecular formula is C27H24N8O2. The highest BCUT2D eigenvalue weighted by Gasteiger charge is 2.25. The van der Waals surface area contributed by atoms with E-state index in [1.807, 2.05) is 48.5 Å². The van der Waals surface area contributed by atoms with E-state index in [1.165, 1.54) is 10.1 Å². The molecule has 1 unspecified atom stereocenters. The van der Waals surface area contributed by atoms with Gasteiger partial charge in [-0.2, -0.15) is 24.8 Å². The van der Waals surface area contributed by atoms with Crippen LogP contribution in [0.1, 0.15) is 42.5 Å². The van der Waals surface area contributed by atoms with Gasteiger partial charge in [0, 0.05) is 16.8 Å². The van der Waals surface area contributed by atoms with Crippen LogP contribution in [0.4, 0.5) is 17.6 Å². The third kappa shape index (κ3) is 5.16. The molecule has 0 radical (unpaired) electrons. The molecule has 0 aliphatic carbocycles. The van der Waals surface area contributed by atoms with Crippen LogP contribution in [0.2, 0.25) is 0 Å². The maximum absolute atomic E-state index is 12.1.